The SMILES string of the molecule is COc1ccc(N2CCN(C(=O)CC3OCCc4cc(Br)ccc43)CC2)cc1. The minimum atomic E-state index is -0.135. The number of methoxy groups -OCH3 is 1. The van der Waals surface area contributed by atoms with Gasteiger partial charge in [0.05, 0.1) is 26.2 Å². The Labute approximate surface area is 174 Å². The van der Waals surface area contributed by atoms with Crippen LogP contribution in [0.4, 0.5) is 5.69 Å². The van der Waals surface area contributed by atoms with Crippen molar-refractivity contribution < 1.29 is 14.3 Å². The van der Waals surface area contributed by atoms with Crippen molar-refractivity contribution in [2.75, 3.05) is 44.8 Å². The molecule has 0 saturated carbocycles. The van der Waals surface area contributed by atoms with Crippen LogP contribution in [0.2, 0.25) is 0 Å². The van der Waals surface area contributed by atoms with Gasteiger partial charge in [-0.05, 0) is 53.9 Å². The number of benzene rings is 2. The van der Waals surface area contributed by atoms with E-state index in [9.17, 15) is 4.79 Å². The summed E-state index contributed by atoms with van der Waals surface area (Å²) in [5, 5.41) is 0. The Morgan fingerprint density at radius 2 is 1.89 bits per heavy atom. The summed E-state index contributed by atoms with van der Waals surface area (Å²) in [7, 11) is 1.67. The molecule has 2 aromatic carbocycles. The molecule has 4 rings (SSSR count). The van der Waals surface area contributed by atoms with E-state index in [-0.39, 0.29) is 12.0 Å². The average molecular weight is 445 g/mol. The van der Waals surface area contributed by atoms with Crippen LogP contribution in [0.15, 0.2) is 46.9 Å². The first-order valence-electron chi connectivity index (χ1n) is 9.71. The normalized spacial score (nSPS) is 19.3. The highest BCUT2D eigenvalue weighted by atomic mass is 79.9. The maximum absolute atomic E-state index is 12.9. The molecule has 6 heteroatoms. The number of rotatable bonds is 4. The number of halogens is 1. The van der Waals surface area contributed by atoms with E-state index >= 15 is 0 Å². The van der Waals surface area contributed by atoms with Crippen LogP contribution in [-0.4, -0.2) is 50.7 Å². The van der Waals surface area contributed by atoms with Crippen molar-refractivity contribution in [3.8, 4) is 5.75 Å². The predicted molar refractivity (Wildman–Crippen MR) is 113 cm³/mol. The Balaban J connectivity index is 1.34. The average Bonchev–Trinajstić information content (AvgIpc) is 2.74. The largest absolute Gasteiger partial charge is 0.497 e. The minimum absolute atomic E-state index is 0.135. The molecular weight excluding hydrogens is 420 g/mol. The molecule has 0 aliphatic carbocycles. The quantitative estimate of drug-likeness (QED) is 0.718. The third-order valence-corrected chi connectivity index (χ3v) is 6.07. The number of ether oxygens (including phenoxy) is 2. The molecule has 1 saturated heterocycles. The summed E-state index contributed by atoms with van der Waals surface area (Å²) >= 11 is 3.53. The Kier molecular flexibility index (Phi) is 5.87. The molecule has 1 unspecified atom stereocenters. The topological polar surface area (TPSA) is 42.0 Å². The van der Waals surface area contributed by atoms with Crippen LogP contribution in [0.1, 0.15) is 23.7 Å². The van der Waals surface area contributed by atoms with Gasteiger partial charge in [-0.1, -0.05) is 22.0 Å². The standard InChI is InChI=1S/C22H25BrN2O3/c1-27-19-5-3-18(4-6-19)24-9-11-25(12-10-24)22(26)15-21-20-7-2-17(23)14-16(20)8-13-28-21/h2-7,14,21H,8-13,15H2,1H3. The highest BCUT2D eigenvalue weighted by molar-refractivity contribution is 9.10. The Bertz CT molecular complexity index is 832. The van der Waals surface area contributed by atoms with Gasteiger partial charge in [-0.25, -0.2) is 0 Å². The lowest BCUT2D eigenvalue weighted by Crippen LogP contribution is -2.49. The van der Waals surface area contributed by atoms with Crippen LogP contribution in [0, 0.1) is 0 Å². The van der Waals surface area contributed by atoms with E-state index in [1.807, 2.05) is 23.1 Å². The smallest absolute Gasteiger partial charge is 0.225 e. The number of nitrogens with zero attached hydrogens (tertiary/aromatic N) is 2. The van der Waals surface area contributed by atoms with E-state index < -0.39 is 0 Å². The molecule has 0 radical (unpaired) electrons. The van der Waals surface area contributed by atoms with Gasteiger partial charge in [0.25, 0.3) is 0 Å². The molecule has 1 atom stereocenters. The summed E-state index contributed by atoms with van der Waals surface area (Å²) in [6.07, 6.45) is 1.18. The highest BCUT2D eigenvalue weighted by Crippen LogP contribution is 2.32. The number of hydrogen-bond acceptors (Lipinski definition) is 4. The lowest BCUT2D eigenvalue weighted by molar-refractivity contribution is -0.135. The lowest BCUT2D eigenvalue weighted by Gasteiger charge is -2.37. The Hall–Kier alpha value is -2.05. The molecule has 0 spiro atoms. The molecule has 2 aromatic rings. The van der Waals surface area contributed by atoms with Gasteiger partial charge >= 0.3 is 0 Å². The van der Waals surface area contributed by atoms with Crippen molar-refractivity contribution in [3.05, 3.63) is 58.1 Å². The van der Waals surface area contributed by atoms with Crippen LogP contribution in [-0.2, 0) is 16.0 Å². The van der Waals surface area contributed by atoms with Gasteiger partial charge in [-0.2, -0.15) is 0 Å². The van der Waals surface area contributed by atoms with E-state index in [4.69, 9.17) is 9.47 Å². The number of piperazine rings is 1. The van der Waals surface area contributed by atoms with Gasteiger partial charge in [-0.15, -0.1) is 0 Å². The summed E-state index contributed by atoms with van der Waals surface area (Å²) < 4.78 is 12.2. The van der Waals surface area contributed by atoms with Crippen molar-refractivity contribution in [2.45, 2.75) is 18.9 Å². The Morgan fingerprint density at radius 1 is 1.14 bits per heavy atom. The van der Waals surface area contributed by atoms with Gasteiger partial charge in [0.15, 0.2) is 0 Å². The summed E-state index contributed by atoms with van der Waals surface area (Å²) in [5.74, 6) is 1.03. The number of carbonyl (C=O) groups excluding carboxylic acids is 1. The lowest BCUT2D eigenvalue weighted by atomic mass is 9.95. The van der Waals surface area contributed by atoms with E-state index in [1.165, 1.54) is 11.3 Å². The molecule has 0 aromatic heterocycles. The van der Waals surface area contributed by atoms with Crippen LogP contribution in [0.25, 0.3) is 0 Å². The predicted octanol–water partition coefficient (Wildman–Crippen LogP) is 3.81. The van der Waals surface area contributed by atoms with Gasteiger partial charge in [0, 0.05) is 36.3 Å². The second-order valence-corrected chi connectivity index (χ2v) is 8.14. The van der Waals surface area contributed by atoms with Crippen LogP contribution >= 0.6 is 15.9 Å². The minimum Gasteiger partial charge on any atom is -0.497 e. The molecule has 0 bridgehead atoms. The molecular formula is C22H25BrN2O3. The summed E-state index contributed by atoms with van der Waals surface area (Å²) in [4.78, 5) is 17.2. The molecule has 1 amide bonds. The van der Waals surface area contributed by atoms with E-state index in [1.54, 1.807) is 7.11 Å². The number of anilines is 1. The molecule has 2 aliphatic rings. The van der Waals surface area contributed by atoms with Crippen molar-refractivity contribution in [1.82, 2.24) is 4.90 Å². The second kappa shape index (κ2) is 8.53. The van der Waals surface area contributed by atoms with E-state index in [0.29, 0.717) is 13.0 Å². The molecule has 2 aliphatic heterocycles. The maximum atomic E-state index is 12.9. The molecule has 2 heterocycles. The number of carbonyl (C=O) groups is 1. The van der Waals surface area contributed by atoms with E-state index in [0.717, 1.165) is 48.4 Å². The summed E-state index contributed by atoms with van der Waals surface area (Å²) in [5.41, 5.74) is 3.60. The maximum Gasteiger partial charge on any atom is 0.225 e. The molecule has 1 fully saturated rings. The first-order valence-corrected chi connectivity index (χ1v) is 10.5. The van der Waals surface area contributed by atoms with Crippen LogP contribution in [0.3, 0.4) is 0 Å². The van der Waals surface area contributed by atoms with Crippen molar-refractivity contribution in [1.29, 1.82) is 0 Å². The van der Waals surface area contributed by atoms with Gasteiger partial charge < -0.3 is 19.3 Å². The first kappa shape index (κ1) is 19.3. The van der Waals surface area contributed by atoms with E-state index in [2.05, 4.69) is 45.1 Å². The molecule has 28 heavy (non-hydrogen) atoms. The number of hydrogen-bond donors (Lipinski definition) is 0. The second-order valence-electron chi connectivity index (χ2n) is 7.22. The zero-order valence-electron chi connectivity index (χ0n) is 16.1. The van der Waals surface area contributed by atoms with Gasteiger partial charge in [0.2, 0.25) is 5.91 Å². The fourth-order valence-electron chi connectivity index (χ4n) is 3.97. The number of fused-ring (bicyclic) bond motifs is 1. The monoisotopic (exact) mass is 444 g/mol. The van der Waals surface area contributed by atoms with Crippen LogP contribution < -0.4 is 9.64 Å². The van der Waals surface area contributed by atoms with Crippen molar-refractivity contribution >= 4 is 27.5 Å². The zero-order chi connectivity index (χ0) is 19.5. The zero-order valence-corrected chi connectivity index (χ0v) is 17.7. The molecule has 148 valence electrons. The highest BCUT2D eigenvalue weighted by Gasteiger charge is 2.27. The first-order chi connectivity index (χ1) is 13.6. The molecule has 5 nitrogen and oxygen atoms in total. The summed E-state index contributed by atoms with van der Waals surface area (Å²) in [6, 6.07) is 14.3. The fraction of sp³-hybridized carbons (Fsp3) is 0.409. The van der Waals surface area contributed by atoms with Crippen molar-refractivity contribution in [3.63, 3.8) is 0 Å². The van der Waals surface area contributed by atoms with Crippen molar-refractivity contribution in [2.24, 2.45) is 0 Å². The number of amides is 1. The third-order valence-electron chi connectivity index (χ3n) is 5.57. The van der Waals surface area contributed by atoms with Crippen LogP contribution in [0.5, 0.6) is 5.75 Å². The van der Waals surface area contributed by atoms with Gasteiger partial charge in [-0.3, -0.25) is 4.79 Å². The fourth-order valence-corrected chi connectivity index (χ4v) is 4.38. The third kappa shape index (κ3) is 4.18. The molecule has 0 N–H and O–H groups in total. The summed E-state index contributed by atoms with van der Waals surface area (Å²) in [6.45, 7) is 3.84. The Morgan fingerprint density at radius 3 is 2.61 bits per heavy atom. The van der Waals surface area contributed by atoms with Gasteiger partial charge in [0.1, 0.15) is 5.75 Å².